The lowest BCUT2D eigenvalue weighted by atomic mass is 9.66. The smallest absolute Gasteiger partial charge is 0.160 e. The predicted octanol–water partition coefficient (Wildman–Crippen LogP) is 10.3. The van der Waals surface area contributed by atoms with Crippen molar-refractivity contribution in [2.24, 2.45) is 5.92 Å². The third kappa shape index (κ3) is 3.90. The Morgan fingerprint density at radius 3 is 1.98 bits per heavy atom. The van der Waals surface area contributed by atoms with Crippen LogP contribution in [0, 0.1) is 5.92 Å². The zero-order chi connectivity index (χ0) is 30.0. The molecule has 2 heterocycles. The quantitative estimate of drug-likeness (QED) is 0.209. The van der Waals surface area contributed by atoms with Gasteiger partial charge in [0.15, 0.2) is 5.82 Å². The minimum atomic E-state index is -0.518. The first kappa shape index (κ1) is 25.9. The van der Waals surface area contributed by atoms with E-state index in [1.54, 1.807) is 0 Å². The first-order valence-electron chi connectivity index (χ1n) is 15.6. The number of para-hydroxylation sites is 1. The number of rotatable bonds is 3. The molecule has 1 aliphatic heterocycles. The minimum Gasteiger partial charge on any atom is -0.457 e. The van der Waals surface area contributed by atoms with E-state index in [1.165, 1.54) is 22.3 Å². The Hall–Kier alpha value is -5.54. The normalized spacial score (nSPS) is 16.6. The van der Waals surface area contributed by atoms with Crippen LogP contribution >= 0.6 is 0 Å². The van der Waals surface area contributed by atoms with Crippen molar-refractivity contribution in [2.75, 3.05) is 0 Å². The Morgan fingerprint density at radius 1 is 0.600 bits per heavy atom. The van der Waals surface area contributed by atoms with E-state index < -0.39 is 5.41 Å². The van der Waals surface area contributed by atoms with Gasteiger partial charge < -0.3 is 4.74 Å². The average Bonchev–Trinajstić information content (AvgIpc) is 3.40. The van der Waals surface area contributed by atoms with Crippen molar-refractivity contribution in [3.05, 3.63) is 174 Å². The number of nitrogens with zero attached hydrogens (tertiary/aromatic N) is 2. The molecule has 45 heavy (non-hydrogen) atoms. The number of benzene rings is 5. The summed E-state index contributed by atoms with van der Waals surface area (Å²) < 4.78 is 6.66. The number of aromatic nitrogens is 2. The summed E-state index contributed by atoms with van der Waals surface area (Å²) in [5.74, 6) is 3.01. The molecule has 3 heteroatoms. The largest absolute Gasteiger partial charge is 0.457 e. The monoisotopic (exact) mass is 578 g/mol. The maximum absolute atomic E-state index is 6.66. The van der Waals surface area contributed by atoms with Gasteiger partial charge in [-0.1, -0.05) is 122 Å². The van der Waals surface area contributed by atoms with Crippen molar-refractivity contribution in [3.8, 4) is 45.3 Å². The standard InChI is InChI=1S/C42H30N2O/c1-27-19-21-28(22-20-27)37-26-38(44-41(43-37)29-11-3-2-4-12-29)30-23-24-40-36(25-30)42(35-17-9-10-18-39(35)45-40)33-15-7-5-13-31(33)32-14-6-8-16-34(32)42/h2-19,21-27H,20H2,1H3. The van der Waals surface area contributed by atoms with Gasteiger partial charge in [0.25, 0.3) is 0 Å². The van der Waals surface area contributed by atoms with Crippen LogP contribution in [0.2, 0.25) is 0 Å². The van der Waals surface area contributed by atoms with Crippen LogP contribution < -0.4 is 4.74 Å². The molecule has 9 rings (SSSR count). The van der Waals surface area contributed by atoms with Crippen LogP contribution in [0.5, 0.6) is 11.5 Å². The van der Waals surface area contributed by atoms with Gasteiger partial charge in [-0.2, -0.15) is 0 Å². The number of allylic oxidation sites excluding steroid dienone is 4. The SMILES string of the molecule is CC1C=CC(c2cc(-c3ccc4c(c3)C3(c5ccccc5O4)c4ccccc4-c4ccccc43)nc(-c3ccccc3)n2)=CC1. The molecule has 2 aliphatic carbocycles. The molecule has 0 saturated heterocycles. The number of hydrogen-bond donors (Lipinski definition) is 0. The van der Waals surface area contributed by atoms with Crippen molar-refractivity contribution in [1.82, 2.24) is 9.97 Å². The zero-order valence-corrected chi connectivity index (χ0v) is 24.9. The zero-order valence-electron chi connectivity index (χ0n) is 24.9. The molecular weight excluding hydrogens is 548 g/mol. The molecule has 6 aromatic rings. The van der Waals surface area contributed by atoms with Crippen molar-refractivity contribution >= 4 is 5.57 Å². The van der Waals surface area contributed by atoms with E-state index in [1.807, 2.05) is 18.2 Å². The summed E-state index contributed by atoms with van der Waals surface area (Å²) in [4.78, 5) is 10.2. The van der Waals surface area contributed by atoms with E-state index >= 15 is 0 Å². The lowest BCUT2D eigenvalue weighted by Crippen LogP contribution is -2.32. The van der Waals surface area contributed by atoms with Crippen molar-refractivity contribution in [3.63, 3.8) is 0 Å². The van der Waals surface area contributed by atoms with Gasteiger partial charge in [-0.05, 0) is 70.5 Å². The van der Waals surface area contributed by atoms with Gasteiger partial charge in [-0.25, -0.2) is 9.97 Å². The summed E-state index contributed by atoms with van der Waals surface area (Å²) in [6.45, 7) is 2.24. The highest BCUT2D eigenvalue weighted by Crippen LogP contribution is 2.62. The fraction of sp³-hybridized carbons (Fsp3) is 0.0952. The van der Waals surface area contributed by atoms with E-state index in [4.69, 9.17) is 14.7 Å². The van der Waals surface area contributed by atoms with Crippen molar-refractivity contribution in [1.29, 1.82) is 0 Å². The average molecular weight is 579 g/mol. The van der Waals surface area contributed by atoms with Crippen LogP contribution in [-0.4, -0.2) is 9.97 Å². The van der Waals surface area contributed by atoms with Gasteiger partial charge in [0.05, 0.1) is 16.8 Å². The summed E-state index contributed by atoms with van der Waals surface area (Å²) in [6, 6.07) is 45.1. The third-order valence-corrected chi connectivity index (χ3v) is 9.51. The van der Waals surface area contributed by atoms with Crippen LogP contribution in [0.15, 0.2) is 146 Å². The number of fused-ring (bicyclic) bond motifs is 9. The second-order valence-electron chi connectivity index (χ2n) is 12.2. The van der Waals surface area contributed by atoms with Gasteiger partial charge in [-0.15, -0.1) is 0 Å². The third-order valence-electron chi connectivity index (χ3n) is 9.51. The van der Waals surface area contributed by atoms with Crippen molar-refractivity contribution in [2.45, 2.75) is 18.8 Å². The number of ether oxygens (including phenoxy) is 1. The molecule has 3 aliphatic rings. The Morgan fingerprint density at radius 2 is 1.24 bits per heavy atom. The highest BCUT2D eigenvalue weighted by Gasteiger charge is 2.51. The van der Waals surface area contributed by atoms with Crippen LogP contribution in [-0.2, 0) is 5.41 Å². The van der Waals surface area contributed by atoms with E-state index in [0.717, 1.165) is 63.0 Å². The Bertz CT molecular complexity index is 2150. The maximum Gasteiger partial charge on any atom is 0.160 e. The van der Waals surface area contributed by atoms with E-state index in [0.29, 0.717) is 5.92 Å². The highest BCUT2D eigenvalue weighted by molar-refractivity contribution is 5.89. The van der Waals surface area contributed by atoms with Crippen LogP contribution in [0.1, 0.15) is 41.3 Å². The lowest BCUT2D eigenvalue weighted by molar-refractivity contribution is 0.436. The van der Waals surface area contributed by atoms with E-state index in [9.17, 15) is 0 Å². The summed E-state index contributed by atoms with van der Waals surface area (Å²) in [5.41, 5.74) is 11.9. The lowest BCUT2D eigenvalue weighted by Gasteiger charge is -2.39. The fourth-order valence-electron chi connectivity index (χ4n) is 7.39. The molecule has 0 N–H and O–H groups in total. The molecular formula is C42H30N2O. The molecule has 3 nitrogen and oxygen atoms in total. The summed E-state index contributed by atoms with van der Waals surface area (Å²) in [7, 11) is 0. The minimum absolute atomic E-state index is 0.518. The molecule has 0 radical (unpaired) electrons. The molecule has 0 fully saturated rings. The van der Waals surface area contributed by atoms with Gasteiger partial charge in [0.1, 0.15) is 11.5 Å². The molecule has 0 bridgehead atoms. The molecule has 1 aromatic heterocycles. The van der Waals surface area contributed by atoms with Crippen LogP contribution in [0.25, 0.3) is 39.3 Å². The first-order chi connectivity index (χ1) is 22.2. The fourth-order valence-corrected chi connectivity index (χ4v) is 7.39. The maximum atomic E-state index is 6.66. The Balaban J connectivity index is 1.30. The second-order valence-corrected chi connectivity index (χ2v) is 12.2. The highest BCUT2D eigenvalue weighted by atomic mass is 16.5. The van der Waals surface area contributed by atoms with Gasteiger partial charge in [0, 0.05) is 22.3 Å². The second kappa shape index (κ2) is 10.0. The summed E-state index contributed by atoms with van der Waals surface area (Å²) in [5, 5.41) is 0. The predicted molar refractivity (Wildman–Crippen MR) is 181 cm³/mol. The molecule has 1 unspecified atom stereocenters. The van der Waals surface area contributed by atoms with Gasteiger partial charge in [-0.3, -0.25) is 0 Å². The molecule has 0 amide bonds. The molecule has 0 saturated carbocycles. The topological polar surface area (TPSA) is 35.0 Å². The summed E-state index contributed by atoms with van der Waals surface area (Å²) >= 11 is 0. The molecule has 1 atom stereocenters. The summed E-state index contributed by atoms with van der Waals surface area (Å²) in [6.07, 6.45) is 7.77. The van der Waals surface area contributed by atoms with Gasteiger partial charge >= 0.3 is 0 Å². The first-order valence-corrected chi connectivity index (χ1v) is 15.6. The van der Waals surface area contributed by atoms with Crippen molar-refractivity contribution < 1.29 is 4.74 Å². The van der Waals surface area contributed by atoms with E-state index in [-0.39, 0.29) is 0 Å². The Kier molecular flexibility index (Phi) is 5.76. The number of hydrogen-bond acceptors (Lipinski definition) is 3. The van der Waals surface area contributed by atoms with E-state index in [2.05, 4.69) is 134 Å². The Labute approximate surface area is 263 Å². The molecule has 1 spiro atoms. The van der Waals surface area contributed by atoms with Crippen LogP contribution in [0.3, 0.4) is 0 Å². The van der Waals surface area contributed by atoms with Gasteiger partial charge in [0.2, 0.25) is 0 Å². The van der Waals surface area contributed by atoms with Crippen LogP contribution in [0.4, 0.5) is 0 Å². The molecule has 5 aromatic carbocycles. The molecule has 214 valence electrons.